The van der Waals surface area contributed by atoms with Gasteiger partial charge in [-0.05, 0) is 79.0 Å². The van der Waals surface area contributed by atoms with E-state index in [9.17, 15) is 35.6 Å². The molecule has 5 rings (SSSR count). The van der Waals surface area contributed by atoms with Crippen LogP contribution in [0.15, 0.2) is 92.7 Å². The Bertz CT molecular complexity index is 2160. The molecule has 4 aromatic rings. The van der Waals surface area contributed by atoms with Crippen LogP contribution in [0.25, 0.3) is 10.8 Å². The Morgan fingerprint density at radius 1 is 1.05 bits per heavy atom. The van der Waals surface area contributed by atoms with Crippen molar-refractivity contribution in [3.63, 3.8) is 0 Å². The Morgan fingerprint density at radius 3 is 2.41 bits per heavy atom. The van der Waals surface area contributed by atoms with E-state index in [1.165, 1.54) is 31.2 Å². The summed E-state index contributed by atoms with van der Waals surface area (Å²) < 4.78 is 68.5. The number of nitrogens with one attached hydrogen (secondary N) is 2. The van der Waals surface area contributed by atoms with E-state index in [0.29, 0.717) is 32.5 Å². The van der Waals surface area contributed by atoms with Gasteiger partial charge >= 0.3 is 5.84 Å². The predicted octanol–water partition coefficient (Wildman–Crippen LogP) is 4.65. The fourth-order valence-corrected chi connectivity index (χ4v) is 5.63. The Labute approximate surface area is 258 Å². The molecule has 0 fully saturated rings. The van der Waals surface area contributed by atoms with Gasteiger partial charge in [0.1, 0.15) is 15.8 Å². The number of anilines is 3. The SMILES string of the molecule is CC1=NC(c2cc(S(=O)(=O)[O-])ccc2Cl)[N+](=O)C1=NNc1cc(S(=O)(=O)O)cc2ccc(NC(=O)c3ccc(N)cc3)cc12.[HH].[HH]. The van der Waals surface area contributed by atoms with Gasteiger partial charge in [0.2, 0.25) is 0 Å². The number of amidine groups is 1. The second-order valence-corrected chi connectivity index (χ2v) is 12.8. The second kappa shape index (κ2) is 11.4. The van der Waals surface area contributed by atoms with Crippen LogP contribution in [-0.4, -0.2) is 48.2 Å². The molecule has 5 N–H and O–H groups in total. The maximum Gasteiger partial charge on any atom is 0.409 e. The zero-order chi connectivity index (χ0) is 32.0. The monoisotopic (exact) mass is 660 g/mol. The normalized spacial score (nSPS) is 16.3. The fraction of sp³-hybridized carbons (Fsp3) is 0.0741. The minimum Gasteiger partial charge on any atom is -0.744 e. The number of nitrogen functional groups attached to an aromatic ring is 1. The van der Waals surface area contributed by atoms with Gasteiger partial charge in [-0.25, -0.2) is 13.4 Å². The number of aliphatic imine (C=N–C) groups is 1. The van der Waals surface area contributed by atoms with Gasteiger partial charge in [0, 0.05) is 35.5 Å². The molecular formula is C27H25ClN6O8S2. The van der Waals surface area contributed by atoms with Crippen molar-refractivity contribution in [3.05, 3.63) is 93.9 Å². The highest BCUT2D eigenvalue weighted by atomic mass is 35.5. The number of nitrogens with zero attached hydrogens (tertiary/aromatic N) is 3. The number of fused-ring (bicyclic) bond motifs is 1. The number of rotatable bonds is 7. The Kier molecular flexibility index (Phi) is 7.96. The lowest BCUT2D eigenvalue weighted by atomic mass is 10.1. The Morgan fingerprint density at radius 2 is 1.75 bits per heavy atom. The first-order valence-corrected chi connectivity index (χ1v) is 15.7. The first-order valence-electron chi connectivity index (χ1n) is 12.4. The van der Waals surface area contributed by atoms with E-state index in [0.717, 1.165) is 24.3 Å². The van der Waals surface area contributed by atoms with E-state index in [1.807, 2.05) is 0 Å². The molecule has 1 aliphatic rings. The first-order chi connectivity index (χ1) is 20.6. The second-order valence-electron chi connectivity index (χ2n) is 9.56. The average Bonchev–Trinajstić information content (AvgIpc) is 3.23. The Hall–Kier alpha value is -4.74. The van der Waals surface area contributed by atoms with E-state index < -0.39 is 42.1 Å². The molecule has 44 heavy (non-hydrogen) atoms. The summed E-state index contributed by atoms with van der Waals surface area (Å²) in [6.45, 7) is 1.45. The number of nitroso groups, excluding NO2 is 1. The number of hydrogen-bond acceptors (Lipinski definition) is 11. The van der Waals surface area contributed by atoms with Crippen molar-refractivity contribution >= 4 is 77.1 Å². The number of nitrogens with two attached hydrogens (primary N) is 1. The van der Waals surface area contributed by atoms with Crippen LogP contribution in [0.4, 0.5) is 17.1 Å². The standard InChI is InChI=1S/C27H21ClN6O8S2.2H2/c1-14-25(34(36)26(30-14)22-12-19(43(37,38)39)8-9-23(22)28)33-32-24-13-20(44(40,41)42)10-16-4-7-18(11-21(16)24)31-27(35)15-2-5-17(29)6-3-15;;/h2-13,26H,1H3,(H5-,29,30,31,32,33,35,36,37,38,39,40,41,42);2*1H. The molecule has 0 saturated heterocycles. The van der Waals surface area contributed by atoms with Gasteiger partial charge in [-0.15, -0.1) is 0 Å². The minimum atomic E-state index is -4.85. The van der Waals surface area contributed by atoms with E-state index in [4.69, 9.17) is 17.3 Å². The molecular weight excluding hydrogens is 636 g/mol. The van der Waals surface area contributed by atoms with Crippen molar-refractivity contribution in [1.82, 2.24) is 0 Å². The zero-order valence-corrected chi connectivity index (χ0v) is 24.8. The van der Waals surface area contributed by atoms with E-state index in [1.54, 1.807) is 24.3 Å². The third kappa shape index (κ3) is 6.29. The van der Waals surface area contributed by atoms with Gasteiger partial charge in [0.25, 0.3) is 22.2 Å². The molecule has 1 heterocycles. The maximum absolute atomic E-state index is 13.2. The van der Waals surface area contributed by atoms with Crippen molar-refractivity contribution in [2.75, 3.05) is 16.5 Å². The lowest BCUT2D eigenvalue weighted by Gasteiger charge is -2.11. The molecule has 0 saturated carbocycles. The zero-order valence-electron chi connectivity index (χ0n) is 22.4. The third-order valence-corrected chi connectivity index (χ3v) is 8.55. The molecule has 1 aliphatic heterocycles. The highest BCUT2D eigenvalue weighted by Gasteiger charge is 2.40. The van der Waals surface area contributed by atoms with E-state index in [-0.39, 0.29) is 30.7 Å². The highest BCUT2D eigenvalue weighted by molar-refractivity contribution is 7.86. The van der Waals surface area contributed by atoms with Crippen LogP contribution in [-0.2, 0) is 20.2 Å². The fourth-order valence-electron chi connectivity index (χ4n) is 4.37. The van der Waals surface area contributed by atoms with Crippen molar-refractivity contribution in [1.29, 1.82) is 0 Å². The number of amides is 1. The summed E-state index contributed by atoms with van der Waals surface area (Å²) in [4.78, 5) is 29.1. The lowest BCUT2D eigenvalue weighted by molar-refractivity contribution is -0.471. The van der Waals surface area contributed by atoms with Gasteiger partial charge in [-0.2, -0.15) is 13.8 Å². The van der Waals surface area contributed by atoms with Gasteiger partial charge in [-0.1, -0.05) is 22.6 Å². The van der Waals surface area contributed by atoms with E-state index >= 15 is 0 Å². The van der Waals surface area contributed by atoms with Gasteiger partial charge < -0.3 is 15.6 Å². The molecule has 0 aliphatic carbocycles. The minimum absolute atomic E-state index is 0. The number of hydrogen-bond donors (Lipinski definition) is 4. The summed E-state index contributed by atoms with van der Waals surface area (Å²) in [5.74, 6) is -0.702. The highest BCUT2D eigenvalue weighted by Crippen LogP contribution is 2.34. The summed E-state index contributed by atoms with van der Waals surface area (Å²) >= 11 is 6.18. The molecule has 14 nitrogen and oxygen atoms in total. The number of hydrazone groups is 1. The topological polar surface area (TPSA) is 224 Å². The lowest BCUT2D eigenvalue weighted by Crippen LogP contribution is -2.21. The van der Waals surface area contributed by atoms with Gasteiger partial charge in [0.15, 0.2) is 0 Å². The summed E-state index contributed by atoms with van der Waals surface area (Å²) in [6.07, 6.45) is -1.37. The molecule has 0 aromatic heterocycles. The van der Waals surface area contributed by atoms with Gasteiger partial charge in [-0.3, -0.25) is 9.35 Å². The molecule has 0 spiro atoms. The average molecular weight is 661 g/mol. The molecule has 0 radical (unpaired) electrons. The van der Waals surface area contributed by atoms with Crippen LogP contribution in [0, 0.1) is 4.91 Å². The molecule has 230 valence electrons. The van der Waals surface area contributed by atoms with Crippen molar-refractivity contribution in [2.45, 2.75) is 22.9 Å². The number of benzene rings is 4. The van der Waals surface area contributed by atoms with Crippen LogP contribution in [0.3, 0.4) is 0 Å². The van der Waals surface area contributed by atoms with E-state index in [2.05, 4.69) is 20.8 Å². The molecule has 4 aromatic carbocycles. The van der Waals surface area contributed by atoms with Crippen molar-refractivity contribution in [2.24, 2.45) is 10.1 Å². The summed E-state index contributed by atoms with van der Waals surface area (Å²) in [6, 6.07) is 16.2. The largest absolute Gasteiger partial charge is 0.744 e. The van der Waals surface area contributed by atoms with Gasteiger partial charge in [0.05, 0.1) is 25.6 Å². The summed E-state index contributed by atoms with van der Waals surface area (Å²) in [5, 5.41) is 7.51. The van der Waals surface area contributed by atoms with Crippen molar-refractivity contribution < 1.29 is 38.3 Å². The molecule has 1 unspecified atom stereocenters. The predicted molar refractivity (Wildman–Crippen MR) is 167 cm³/mol. The number of halogens is 1. The van der Waals surface area contributed by atoms with Crippen LogP contribution in [0.1, 0.15) is 31.9 Å². The summed E-state index contributed by atoms with van der Waals surface area (Å²) in [5.41, 5.74) is 9.55. The van der Waals surface area contributed by atoms with Crippen LogP contribution < -0.4 is 16.5 Å². The number of carbonyl (C=O) groups is 1. The van der Waals surface area contributed by atoms with Crippen LogP contribution in [0.2, 0.25) is 5.02 Å². The quantitative estimate of drug-likeness (QED) is 0.0929. The smallest absolute Gasteiger partial charge is 0.409 e. The Balaban J connectivity index is 0.00000288. The van der Waals surface area contributed by atoms with Crippen molar-refractivity contribution in [3.8, 4) is 0 Å². The first kappa shape index (κ1) is 30.7. The molecule has 1 amide bonds. The van der Waals surface area contributed by atoms with Crippen LogP contribution in [0.5, 0.6) is 0 Å². The summed E-state index contributed by atoms with van der Waals surface area (Å²) in [7, 11) is -9.51. The molecule has 0 bridgehead atoms. The maximum atomic E-state index is 13.2. The molecule has 1 atom stereocenters. The van der Waals surface area contributed by atoms with Crippen LogP contribution >= 0.6 is 11.6 Å². The number of carbonyl (C=O) groups excluding carboxylic acids is 1. The molecule has 17 heteroatoms. The third-order valence-electron chi connectivity index (χ3n) is 6.54.